The first-order chi connectivity index (χ1) is 13.8. The lowest BCUT2D eigenvalue weighted by Gasteiger charge is -2.11. The van der Waals surface area contributed by atoms with E-state index in [1.807, 2.05) is 0 Å². The van der Waals surface area contributed by atoms with E-state index in [1.165, 1.54) is 30.5 Å². The van der Waals surface area contributed by atoms with Crippen LogP contribution in [0.4, 0.5) is 21.6 Å². The van der Waals surface area contributed by atoms with Crippen molar-refractivity contribution in [3.8, 4) is 0 Å². The highest BCUT2D eigenvalue weighted by molar-refractivity contribution is 6.36. The van der Waals surface area contributed by atoms with Crippen molar-refractivity contribution >= 4 is 52.3 Å². The standard InChI is InChI=1S/C20H14ClFN4O3/c1-9-6-16(20(28)29)25-15(9)8-11-17-14(4-5-23-18(17)26-19(11)27)24-10-2-3-13(22)12(21)7-10/h2-8,25H,1H3,(H,28,29)(H2,23,24,26,27)/b11-8-. The molecule has 0 fully saturated rings. The third-order valence-corrected chi connectivity index (χ3v) is 4.76. The van der Waals surface area contributed by atoms with Crippen LogP contribution in [0.3, 0.4) is 0 Å². The Morgan fingerprint density at radius 1 is 1.31 bits per heavy atom. The minimum Gasteiger partial charge on any atom is -0.477 e. The van der Waals surface area contributed by atoms with Gasteiger partial charge >= 0.3 is 5.97 Å². The number of amides is 1. The molecule has 1 aliphatic heterocycles. The monoisotopic (exact) mass is 412 g/mol. The number of carbonyl (C=O) groups excluding carboxylic acids is 1. The van der Waals surface area contributed by atoms with E-state index in [0.717, 1.165) is 0 Å². The number of fused-ring (bicyclic) bond motifs is 1. The lowest BCUT2D eigenvalue weighted by molar-refractivity contribution is -0.110. The van der Waals surface area contributed by atoms with Gasteiger partial charge in [0.25, 0.3) is 5.91 Å². The summed E-state index contributed by atoms with van der Waals surface area (Å²) in [5.74, 6) is -1.64. The van der Waals surface area contributed by atoms with Gasteiger partial charge in [-0.2, -0.15) is 0 Å². The van der Waals surface area contributed by atoms with E-state index in [9.17, 15) is 14.0 Å². The molecule has 1 aliphatic rings. The first-order valence-corrected chi connectivity index (χ1v) is 8.88. The number of rotatable bonds is 4. The Kier molecular flexibility index (Phi) is 4.56. The van der Waals surface area contributed by atoms with Crippen LogP contribution in [-0.4, -0.2) is 27.0 Å². The average molecular weight is 413 g/mol. The fourth-order valence-electron chi connectivity index (χ4n) is 3.07. The Hall–Kier alpha value is -3.65. The highest BCUT2D eigenvalue weighted by Gasteiger charge is 2.29. The quantitative estimate of drug-likeness (QED) is 0.474. The molecule has 4 rings (SSSR count). The normalized spacial score (nSPS) is 14.0. The summed E-state index contributed by atoms with van der Waals surface area (Å²) in [5, 5.41) is 14.9. The topological polar surface area (TPSA) is 107 Å². The van der Waals surface area contributed by atoms with Gasteiger partial charge in [-0.25, -0.2) is 14.2 Å². The van der Waals surface area contributed by atoms with Crippen molar-refractivity contribution in [2.45, 2.75) is 6.92 Å². The van der Waals surface area contributed by atoms with Gasteiger partial charge in [0.1, 0.15) is 17.3 Å². The molecule has 2 aromatic heterocycles. The Morgan fingerprint density at radius 2 is 2.10 bits per heavy atom. The Labute approximate surface area is 169 Å². The summed E-state index contributed by atoms with van der Waals surface area (Å²) in [6.07, 6.45) is 3.10. The maximum absolute atomic E-state index is 13.4. The van der Waals surface area contributed by atoms with Crippen LogP contribution in [0.5, 0.6) is 0 Å². The van der Waals surface area contributed by atoms with Crippen LogP contribution in [0.25, 0.3) is 11.6 Å². The summed E-state index contributed by atoms with van der Waals surface area (Å²) >= 11 is 5.84. The zero-order chi connectivity index (χ0) is 20.7. The van der Waals surface area contributed by atoms with Gasteiger partial charge in [0.15, 0.2) is 0 Å². The number of benzene rings is 1. The number of anilines is 3. The lowest BCUT2D eigenvalue weighted by Crippen LogP contribution is -2.04. The number of hydrogen-bond donors (Lipinski definition) is 4. The number of nitrogens with one attached hydrogen (secondary N) is 3. The second-order valence-electron chi connectivity index (χ2n) is 6.43. The Morgan fingerprint density at radius 3 is 2.79 bits per heavy atom. The fourth-order valence-corrected chi connectivity index (χ4v) is 3.25. The molecule has 1 amide bonds. The van der Waals surface area contributed by atoms with Crippen molar-refractivity contribution in [2.75, 3.05) is 10.6 Å². The molecule has 3 aromatic rings. The van der Waals surface area contributed by atoms with E-state index < -0.39 is 11.8 Å². The van der Waals surface area contributed by atoms with Gasteiger partial charge in [0.05, 0.1) is 21.8 Å². The highest BCUT2D eigenvalue weighted by Crippen LogP contribution is 2.38. The molecule has 1 aromatic carbocycles. The summed E-state index contributed by atoms with van der Waals surface area (Å²) in [5.41, 5.74) is 3.13. The number of nitrogens with zero attached hydrogens (tertiary/aromatic N) is 1. The van der Waals surface area contributed by atoms with Crippen LogP contribution in [0.15, 0.2) is 36.5 Å². The van der Waals surface area contributed by atoms with Crippen molar-refractivity contribution in [1.82, 2.24) is 9.97 Å². The number of halogens is 2. The molecule has 4 N–H and O–H groups in total. The van der Waals surface area contributed by atoms with Gasteiger partial charge in [-0.1, -0.05) is 11.6 Å². The van der Waals surface area contributed by atoms with Crippen LogP contribution in [0, 0.1) is 12.7 Å². The molecule has 29 heavy (non-hydrogen) atoms. The first kappa shape index (κ1) is 18.7. The molecular formula is C20H14ClFN4O3. The summed E-state index contributed by atoms with van der Waals surface area (Å²) in [6.45, 7) is 1.74. The van der Waals surface area contributed by atoms with Crippen LogP contribution in [0.1, 0.15) is 27.3 Å². The van der Waals surface area contributed by atoms with Gasteiger partial charge in [-0.15, -0.1) is 0 Å². The zero-order valence-electron chi connectivity index (χ0n) is 15.0. The van der Waals surface area contributed by atoms with E-state index in [1.54, 1.807) is 19.1 Å². The minimum absolute atomic E-state index is 0.0264. The van der Waals surface area contributed by atoms with E-state index in [-0.39, 0.29) is 16.6 Å². The van der Waals surface area contributed by atoms with E-state index in [0.29, 0.717) is 39.6 Å². The molecule has 3 heterocycles. The summed E-state index contributed by atoms with van der Waals surface area (Å²) in [4.78, 5) is 30.7. The maximum Gasteiger partial charge on any atom is 0.352 e. The zero-order valence-corrected chi connectivity index (χ0v) is 15.8. The predicted molar refractivity (Wildman–Crippen MR) is 108 cm³/mol. The minimum atomic E-state index is -1.09. The van der Waals surface area contributed by atoms with Crippen molar-refractivity contribution in [2.24, 2.45) is 0 Å². The SMILES string of the molecule is Cc1cc(C(=O)O)[nH]c1/C=C1\C(=O)Nc2nccc(Nc3ccc(F)c(Cl)c3)c21. The van der Waals surface area contributed by atoms with Crippen molar-refractivity contribution in [1.29, 1.82) is 0 Å². The number of aryl methyl sites for hydroxylation is 1. The largest absolute Gasteiger partial charge is 0.477 e. The molecule has 0 spiro atoms. The van der Waals surface area contributed by atoms with E-state index >= 15 is 0 Å². The fraction of sp³-hybridized carbons (Fsp3) is 0.0500. The number of hydrogen-bond acceptors (Lipinski definition) is 4. The first-order valence-electron chi connectivity index (χ1n) is 8.51. The van der Waals surface area contributed by atoms with Crippen molar-refractivity contribution in [3.63, 3.8) is 0 Å². The number of pyridine rings is 1. The Balaban J connectivity index is 1.78. The van der Waals surface area contributed by atoms with Gasteiger partial charge in [-0.05, 0) is 48.9 Å². The van der Waals surface area contributed by atoms with Gasteiger partial charge < -0.3 is 20.7 Å². The van der Waals surface area contributed by atoms with Crippen LogP contribution < -0.4 is 10.6 Å². The summed E-state index contributed by atoms with van der Waals surface area (Å²) in [6, 6.07) is 7.36. The molecule has 0 radical (unpaired) electrons. The molecule has 0 saturated heterocycles. The number of aromatic amines is 1. The third-order valence-electron chi connectivity index (χ3n) is 4.47. The molecule has 0 unspecified atom stereocenters. The van der Waals surface area contributed by atoms with Crippen LogP contribution in [-0.2, 0) is 4.79 Å². The number of aromatic carboxylic acids is 1. The van der Waals surface area contributed by atoms with E-state index in [4.69, 9.17) is 16.7 Å². The second kappa shape index (κ2) is 7.06. The van der Waals surface area contributed by atoms with Crippen LogP contribution >= 0.6 is 11.6 Å². The maximum atomic E-state index is 13.4. The Bertz CT molecular complexity index is 1200. The van der Waals surface area contributed by atoms with Gasteiger partial charge in [0.2, 0.25) is 0 Å². The molecule has 0 aliphatic carbocycles. The van der Waals surface area contributed by atoms with Crippen molar-refractivity contribution < 1.29 is 19.1 Å². The molecule has 0 atom stereocenters. The predicted octanol–water partition coefficient (Wildman–Crippen LogP) is 4.45. The lowest BCUT2D eigenvalue weighted by atomic mass is 10.0. The molecule has 0 bridgehead atoms. The smallest absolute Gasteiger partial charge is 0.352 e. The number of H-pyrrole nitrogens is 1. The average Bonchev–Trinajstić information content (AvgIpc) is 3.19. The van der Waals surface area contributed by atoms with Gasteiger partial charge in [-0.3, -0.25) is 4.79 Å². The van der Waals surface area contributed by atoms with Gasteiger partial charge in [0, 0.05) is 17.6 Å². The summed E-state index contributed by atoms with van der Waals surface area (Å²) < 4.78 is 13.4. The molecular weight excluding hydrogens is 399 g/mol. The highest BCUT2D eigenvalue weighted by atomic mass is 35.5. The molecule has 146 valence electrons. The van der Waals surface area contributed by atoms with Crippen molar-refractivity contribution in [3.05, 3.63) is 69.9 Å². The number of aromatic nitrogens is 2. The van der Waals surface area contributed by atoms with E-state index in [2.05, 4.69) is 20.6 Å². The van der Waals surface area contributed by atoms with Crippen LogP contribution in [0.2, 0.25) is 5.02 Å². The molecule has 0 saturated carbocycles. The molecule has 7 nitrogen and oxygen atoms in total. The summed E-state index contributed by atoms with van der Waals surface area (Å²) in [7, 11) is 0. The number of carboxylic acids is 1. The number of carbonyl (C=O) groups is 2. The number of carboxylic acid groups (broad SMARTS) is 1. The third kappa shape index (κ3) is 3.45. The molecule has 9 heteroatoms. The second-order valence-corrected chi connectivity index (χ2v) is 6.84.